The topological polar surface area (TPSA) is 51.2 Å². The van der Waals surface area contributed by atoms with Crippen LogP contribution in [0.1, 0.15) is 16.3 Å². The minimum absolute atomic E-state index is 0.120. The summed E-state index contributed by atoms with van der Waals surface area (Å²) in [5.74, 6) is 0.616. The largest absolute Gasteiger partial charge is 0.480 e. The molecule has 1 aromatic carbocycles. The van der Waals surface area contributed by atoms with Crippen molar-refractivity contribution in [3.63, 3.8) is 0 Å². The van der Waals surface area contributed by atoms with Gasteiger partial charge in [-0.05, 0) is 30.7 Å². The molecule has 3 rings (SSSR count). The number of aromatic nitrogens is 1. The molecule has 0 spiro atoms. The number of benzene rings is 1. The van der Waals surface area contributed by atoms with Crippen LogP contribution < -0.4 is 10.1 Å². The summed E-state index contributed by atoms with van der Waals surface area (Å²) in [5, 5.41) is 6.37. The Labute approximate surface area is 125 Å². The molecule has 0 aliphatic carbocycles. The van der Waals surface area contributed by atoms with Gasteiger partial charge in [-0.25, -0.2) is 4.98 Å². The number of hydrogen-bond donors (Lipinski definition) is 1. The Morgan fingerprint density at radius 3 is 3.20 bits per heavy atom. The smallest absolute Gasteiger partial charge is 0.261 e. The number of carbonyl (C=O) groups excluding carboxylic acids is 1. The van der Waals surface area contributed by atoms with Gasteiger partial charge in [0.05, 0.1) is 6.54 Å². The van der Waals surface area contributed by atoms with E-state index in [9.17, 15) is 4.79 Å². The van der Waals surface area contributed by atoms with E-state index in [-0.39, 0.29) is 5.91 Å². The van der Waals surface area contributed by atoms with Crippen molar-refractivity contribution in [1.82, 2.24) is 10.3 Å². The van der Waals surface area contributed by atoms with Crippen LogP contribution in [0.15, 0.2) is 23.6 Å². The molecule has 1 aromatic heterocycles. The van der Waals surface area contributed by atoms with Crippen LogP contribution in [0.5, 0.6) is 5.75 Å². The van der Waals surface area contributed by atoms with Crippen LogP contribution in [0.25, 0.3) is 0 Å². The van der Waals surface area contributed by atoms with Gasteiger partial charge in [-0.3, -0.25) is 4.79 Å². The average Bonchev–Trinajstić information content (AvgIpc) is 3.01. The second kappa shape index (κ2) is 5.42. The molecule has 2 heterocycles. The lowest BCUT2D eigenvalue weighted by Gasteiger charge is -2.10. The number of nitrogens with zero attached hydrogens (tertiary/aromatic N) is 1. The zero-order valence-corrected chi connectivity index (χ0v) is 12.4. The molecule has 1 amide bonds. The number of aryl methyl sites for hydroxylation is 1. The molecular weight excluding hydrogens is 296 g/mol. The van der Waals surface area contributed by atoms with Gasteiger partial charge in [0.1, 0.15) is 10.8 Å². The molecule has 104 valence electrons. The lowest BCUT2D eigenvalue weighted by Crippen LogP contribution is -2.36. The van der Waals surface area contributed by atoms with Gasteiger partial charge in [0.2, 0.25) is 0 Å². The molecule has 6 heteroatoms. The number of hydrogen-bond acceptors (Lipinski definition) is 4. The number of nitrogens with one attached hydrogen (secondary N) is 1. The van der Waals surface area contributed by atoms with Gasteiger partial charge in [0.15, 0.2) is 6.10 Å². The first kappa shape index (κ1) is 13.4. The highest BCUT2D eigenvalue weighted by Gasteiger charge is 2.29. The number of fused-ring (bicyclic) bond motifs is 1. The fourth-order valence-electron chi connectivity index (χ4n) is 2.12. The minimum Gasteiger partial charge on any atom is -0.480 e. The third kappa shape index (κ3) is 2.78. The molecule has 20 heavy (non-hydrogen) atoms. The lowest BCUT2D eigenvalue weighted by atomic mass is 10.1. The molecule has 1 atom stereocenters. The van der Waals surface area contributed by atoms with Crippen molar-refractivity contribution in [2.75, 3.05) is 0 Å². The van der Waals surface area contributed by atoms with E-state index in [4.69, 9.17) is 16.3 Å². The fourth-order valence-corrected chi connectivity index (χ4v) is 3.03. The van der Waals surface area contributed by atoms with Gasteiger partial charge in [0, 0.05) is 22.5 Å². The molecule has 4 nitrogen and oxygen atoms in total. The van der Waals surface area contributed by atoms with Crippen LogP contribution in [-0.4, -0.2) is 17.0 Å². The Morgan fingerprint density at radius 2 is 2.45 bits per heavy atom. The third-order valence-electron chi connectivity index (χ3n) is 3.07. The first-order chi connectivity index (χ1) is 9.61. The summed E-state index contributed by atoms with van der Waals surface area (Å²) in [6, 6.07) is 5.41. The van der Waals surface area contributed by atoms with Gasteiger partial charge in [-0.1, -0.05) is 11.6 Å². The maximum atomic E-state index is 12.1. The molecule has 1 aliphatic heterocycles. The standard InChI is InChI=1S/C14H13ClN2O2S/c1-8-7-20-13(17-8)6-16-14(18)12-5-9-4-10(15)2-3-11(9)19-12/h2-4,7,12H,5-6H2,1H3,(H,16,18)/t12-/m0/s1. The predicted molar refractivity (Wildman–Crippen MR) is 78.3 cm³/mol. The van der Waals surface area contributed by atoms with Crippen molar-refractivity contribution >= 4 is 28.8 Å². The van der Waals surface area contributed by atoms with E-state index in [1.807, 2.05) is 18.4 Å². The number of carbonyl (C=O) groups is 1. The lowest BCUT2D eigenvalue weighted by molar-refractivity contribution is -0.127. The summed E-state index contributed by atoms with van der Waals surface area (Å²) in [6.45, 7) is 2.37. The number of thiazole rings is 1. The highest BCUT2D eigenvalue weighted by molar-refractivity contribution is 7.09. The molecule has 0 saturated heterocycles. The van der Waals surface area contributed by atoms with Crippen molar-refractivity contribution in [3.8, 4) is 5.75 Å². The van der Waals surface area contributed by atoms with E-state index < -0.39 is 6.10 Å². The number of amides is 1. The Morgan fingerprint density at radius 1 is 1.60 bits per heavy atom. The maximum Gasteiger partial charge on any atom is 0.261 e. The van der Waals surface area contributed by atoms with E-state index in [0.29, 0.717) is 18.0 Å². The zero-order valence-electron chi connectivity index (χ0n) is 10.9. The molecule has 0 saturated carbocycles. The number of halogens is 1. The second-order valence-electron chi connectivity index (χ2n) is 4.66. The monoisotopic (exact) mass is 308 g/mol. The predicted octanol–water partition coefficient (Wildman–Crippen LogP) is 2.72. The summed E-state index contributed by atoms with van der Waals surface area (Å²) in [5.41, 5.74) is 1.95. The Balaban J connectivity index is 1.60. The van der Waals surface area contributed by atoms with Crippen LogP contribution in [0, 0.1) is 6.92 Å². The van der Waals surface area contributed by atoms with E-state index in [0.717, 1.165) is 22.0 Å². The molecule has 0 radical (unpaired) electrons. The Hall–Kier alpha value is -1.59. The molecular formula is C14H13ClN2O2S. The first-order valence-corrected chi connectivity index (χ1v) is 7.51. The van der Waals surface area contributed by atoms with Gasteiger partial charge in [0.25, 0.3) is 5.91 Å². The zero-order chi connectivity index (χ0) is 14.1. The van der Waals surface area contributed by atoms with Crippen molar-refractivity contribution in [1.29, 1.82) is 0 Å². The minimum atomic E-state index is -0.482. The van der Waals surface area contributed by atoms with Crippen LogP contribution in [0.3, 0.4) is 0 Å². The quantitative estimate of drug-likeness (QED) is 0.948. The second-order valence-corrected chi connectivity index (χ2v) is 6.04. The highest BCUT2D eigenvalue weighted by Crippen LogP contribution is 2.31. The summed E-state index contributed by atoms with van der Waals surface area (Å²) in [4.78, 5) is 16.4. The fraction of sp³-hybridized carbons (Fsp3) is 0.286. The van der Waals surface area contributed by atoms with E-state index in [2.05, 4.69) is 10.3 Å². The first-order valence-electron chi connectivity index (χ1n) is 6.25. The van der Waals surface area contributed by atoms with Gasteiger partial charge >= 0.3 is 0 Å². The van der Waals surface area contributed by atoms with Crippen molar-refractivity contribution in [2.24, 2.45) is 0 Å². The summed E-state index contributed by atoms with van der Waals surface area (Å²) < 4.78 is 5.63. The molecule has 0 bridgehead atoms. The molecule has 1 N–H and O–H groups in total. The van der Waals surface area contributed by atoms with E-state index in [1.54, 1.807) is 12.1 Å². The highest BCUT2D eigenvalue weighted by atomic mass is 35.5. The maximum absolute atomic E-state index is 12.1. The average molecular weight is 309 g/mol. The normalized spacial score (nSPS) is 16.6. The van der Waals surface area contributed by atoms with Gasteiger partial charge < -0.3 is 10.1 Å². The summed E-state index contributed by atoms with van der Waals surface area (Å²) in [6.07, 6.45) is 0.0723. The molecule has 2 aromatic rings. The van der Waals surface area contributed by atoms with Crippen LogP contribution in [0.4, 0.5) is 0 Å². The molecule has 0 unspecified atom stereocenters. The van der Waals surface area contributed by atoms with Gasteiger partial charge in [-0.2, -0.15) is 0 Å². The molecule has 0 fully saturated rings. The van der Waals surface area contributed by atoms with E-state index >= 15 is 0 Å². The SMILES string of the molecule is Cc1csc(CNC(=O)[C@@H]2Cc3cc(Cl)ccc3O2)n1. The molecule has 1 aliphatic rings. The van der Waals surface area contributed by atoms with Crippen molar-refractivity contribution in [3.05, 3.63) is 44.9 Å². The summed E-state index contributed by atoms with van der Waals surface area (Å²) in [7, 11) is 0. The van der Waals surface area contributed by atoms with Crippen LogP contribution in [-0.2, 0) is 17.8 Å². The Bertz CT molecular complexity index is 656. The van der Waals surface area contributed by atoms with Crippen molar-refractivity contribution in [2.45, 2.75) is 26.0 Å². The number of ether oxygens (including phenoxy) is 1. The Kier molecular flexibility index (Phi) is 3.63. The van der Waals surface area contributed by atoms with Crippen LogP contribution in [0.2, 0.25) is 5.02 Å². The summed E-state index contributed by atoms with van der Waals surface area (Å²) >= 11 is 7.47. The van der Waals surface area contributed by atoms with Crippen molar-refractivity contribution < 1.29 is 9.53 Å². The number of rotatable bonds is 3. The van der Waals surface area contributed by atoms with Crippen LogP contribution >= 0.6 is 22.9 Å². The van der Waals surface area contributed by atoms with E-state index in [1.165, 1.54) is 11.3 Å². The van der Waals surface area contributed by atoms with Gasteiger partial charge in [-0.15, -0.1) is 11.3 Å². The third-order valence-corrected chi connectivity index (χ3v) is 4.27.